The fraction of sp³-hybridized carbons (Fsp3) is 0.200. The van der Waals surface area contributed by atoms with E-state index in [1.165, 1.54) is 11.3 Å². The molecule has 9 heteroatoms. The minimum absolute atomic E-state index is 0.419. The van der Waals surface area contributed by atoms with Crippen molar-refractivity contribution < 1.29 is 4.84 Å². The highest BCUT2D eigenvalue weighted by Gasteiger charge is 2.13. The second-order valence-electron chi connectivity index (χ2n) is 4.75. The number of fused-ring (bicyclic) bond motifs is 1. The third kappa shape index (κ3) is 3.52. The Balaban J connectivity index is 1.95. The molecule has 2 heterocycles. The summed E-state index contributed by atoms with van der Waals surface area (Å²) in [7, 11) is 3.45. The number of hydrogen-bond donors (Lipinski definition) is 2. The Bertz CT molecular complexity index is 919. The zero-order chi connectivity index (χ0) is 16.9. The summed E-state index contributed by atoms with van der Waals surface area (Å²) in [6.45, 7) is 0.419. The maximum Gasteiger partial charge on any atom is 0.208 e. The molecule has 0 saturated heterocycles. The lowest BCUT2D eigenvalue weighted by atomic mass is 10.2. The van der Waals surface area contributed by atoms with E-state index in [0.29, 0.717) is 27.7 Å². The molecule has 3 rings (SSSR count). The van der Waals surface area contributed by atoms with E-state index in [2.05, 4.69) is 25.6 Å². The number of anilines is 1. The van der Waals surface area contributed by atoms with Crippen molar-refractivity contribution in [3.8, 4) is 0 Å². The first-order valence-corrected chi connectivity index (χ1v) is 8.40. The lowest BCUT2D eigenvalue weighted by Crippen LogP contribution is -2.24. The highest BCUT2D eigenvalue weighted by molar-refractivity contribution is 7.80. The molecule has 124 valence electrons. The van der Waals surface area contributed by atoms with Gasteiger partial charge in [0.25, 0.3) is 0 Å². The topological polar surface area (TPSA) is 76.4 Å². The van der Waals surface area contributed by atoms with Crippen LogP contribution in [0.5, 0.6) is 0 Å². The normalized spacial score (nSPS) is 11.5. The number of hydrogen-bond acceptors (Lipinski definition) is 6. The molecular formula is C15H16N6OS2. The van der Waals surface area contributed by atoms with Crippen molar-refractivity contribution in [2.75, 3.05) is 19.4 Å². The van der Waals surface area contributed by atoms with E-state index in [4.69, 9.17) is 17.1 Å². The van der Waals surface area contributed by atoms with Gasteiger partial charge in [0.1, 0.15) is 23.5 Å². The molecule has 0 spiro atoms. The van der Waals surface area contributed by atoms with Crippen LogP contribution in [0.2, 0.25) is 0 Å². The minimum atomic E-state index is 0.419. The van der Waals surface area contributed by atoms with Gasteiger partial charge >= 0.3 is 0 Å². The highest BCUT2D eigenvalue weighted by atomic mass is 32.1. The average Bonchev–Trinajstić information content (AvgIpc) is 3.03. The predicted molar refractivity (Wildman–Crippen MR) is 98.9 cm³/mol. The molecule has 3 aromatic rings. The number of nitrogens with zero attached hydrogens (tertiary/aromatic N) is 4. The van der Waals surface area contributed by atoms with Crippen molar-refractivity contribution in [3.05, 3.63) is 47.0 Å². The zero-order valence-electron chi connectivity index (χ0n) is 13.2. The Morgan fingerprint density at radius 3 is 2.88 bits per heavy atom. The quantitative estimate of drug-likeness (QED) is 0.688. The third-order valence-electron chi connectivity index (χ3n) is 3.18. The van der Waals surface area contributed by atoms with E-state index < -0.39 is 0 Å². The SMILES string of the molecule is CN=c1nc2c(ncn2OCc2ccccc2)c(NC(=S)NC)s1. The molecule has 1 aromatic carbocycles. The molecule has 0 aliphatic rings. The van der Waals surface area contributed by atoms with Crippen molar-refractivity contribution in [2.45, 2.75) is 6.61 Å². The molecule has 0 aliphatic carbocycles. The Morgan fingerprint density at radius 2 is 2.17 bits per heavy atom. The standard InChI is InChI=1S/C15H16N6OS2/c1-16-14(23)20-13-11-12(19-15(17-2)24-13)21(9-18-11)22-8-10-6-4-3-5-7-10/h3-7,9H,8H2,1-2H3,(H2,16,20,23). The molecule has 0 atom stereocenters. The van der Waals surface area contributed by atoms with E-state index in [9.17, 15) is 0 Å². The van der Waals surface area contributed by atoms with Crippen molar-refractivity contribution in [2.24, 2.45) is 4.99 Å². The molecule has 7 nitrogen and oxygen atoms in total. The first-order valence-electron chi connectivity index (χ1n) is 7.18. The van der Waals surface area contributed by atoms with Crippen LogP contribution >= 0.6 is 23.6 Å². The number of aromatic nitrogens is 3. The molecule has 0 radical (unpaired) electrons. The van der Waals surface area contributed by atoms with Gasteiger partial charge in [-0.25, -0.2) is 4.98 Å². The van der Waals surface area contributed by atoms with Crippen LogP contribution in [0.1, 0.15) is 5.56 Å². The van der Waals surface area contributed by atoms with Crippen LogP contribution < -0.4 is 20.3 Å². The van der Waals surface area contributed by atoms with E-state index in [1.54, 1.807) is 25.2 Å². The summed E-state index contributed by atoms with van der Waals surface area (Å²) >= 11 is 6.54. The summed E-state index contributed by atoms with van der Waals surface area (Å²) in [5, 5.41) is 7.25. The van der Waals surface area contributed by atoms with Crippen LogP contribution in [0.15, 0.2) is 41.7 Å². The number of imidazole rings is 1. The number of benzene rings is 1. The van der Waals surface area contributed by atoms with Crippen molar-refractivity contribution >= 4 is 44.8 Å². The monoisotopic (exact) mass is 360 g/mol. The summed E-state index contributed by atoms with van der Waals surface area (Å²) < 4.78 is 1.55. The molecule has 0 saturated carbocycles. The first kappa shape index (κ1) is 16.3. The first-order chi connectivity index (χ1) is 11.7. The molecule has 2 N–H and O–H groups in total. The Kier molecular flexibility index (Phi) is 5.02. The van der Waals surface area contributed by atoms with Gasteiger partial charge in [-0.1, -0.05) is 41.7 Å². The Hall–Kier alpha value is -2.52. The second-order valence-corrected chi connectivity index (χ2v) is 6.14. The van der Waals surface area contributed by atoms with E-state index >= 15 is 0 Å². The lowest BCUT2D eigenvalue weighted by molar-refractivity contribution is 0.105. The fourth-order valence-corrected chi connectivity index (χ4v) is 2.97. The summed E-state index contributed by atoms with van der Waals surface area (Å²) in [5.41, 5.74) is 2.33. The van der Waals surface area contributed by atoms with E-state index in [-0.39, 0.29) is 0 Å². The van der Waals surface area contributed by atoms with Crippen LogP contribution in [0.25, 0.3) is 11.2 Å². The summed E-state index contributed by atoms with van der Waals surface area (Å²) in [5.74, 6) is 0. The summed E-state index contributed by atoms with van der Waals surface area (Å²) in [6.07, 6.45) is 1.60. The highest BCUT2D eigenvalue weighted by Crippen LogP contribution is 2.21. The van der Waals surface area contributed by atoms with Gasteiger partial charge in [-0.15, -0.1) is 0 Å². The maximum atomic E-state index is 5.81. The molecule has 0 aliphatic heterocycles. The molecular weight excluding hydrogens is 344 g/mol. The van der Waals surface area contributed by atoms with Crippen molar-refractivity contribution in [1.29, 1.82) is 0 Å². The van der Waals surface area contributed by atoms with E-state index in [1.807, 2.05) is 30.3 Å². The van der Waals surface area contributed by atoms with Crippen LogP contribution in [0.3, 0.4) is 0 Å². The number of rotatable bonds is 4. The van der Waals surface area contributed by atoms with Crippen LogP contribution in [-0.4, -0.2) is 33.9 Å². The molecule has 2 aromatic heterocycles. The van der Waals surface area contributed by atoms with Gasteiger partial charge in [-0.05, 0) is 17.8 Å². The zero-order valence-corrected chi connectivity index (χ0v) is 14.8. The van der Waals surface area contributed by atoms with Gasteiger partial charge in [0, 0.05) is 14.1 Å². The van der Waals surface area contributed by atoms with Gasteiger partial charge < -0.3 is 15.5 Å². The average molecular weight is 360 g/mol. The maximum absolute atomic E-state index is 5.81. The van der Waals surface area contributed by atoms with Gasteiger partial charge in [-0.2, -0.15) is 9.71 Å². The molecule has 24 heavy (non-hydrogen) atoms. The smallest absolute Gasteiger partial charge is 0.208 e. The Labute approximate surface area is 148 Å². The van der Waals surface area contributed by atoms with Gasteiger partial charge in [0.2, 0.25) is 10.4 Å². The Morgan fingerprint density at radius 1 is 1.38 bits per heavy atom. The largest absolute Gasteiger partial charge is 0.406 e. The molecule has 0 bridgehead atoms. The second kappa shape index (κ2) is 7.37. The summed E-state index contributed by atoms with van der Waals surface area (Å²) in [4.78, 5) is 19.4. The van der Waals surface area contributed by atoms with Gasteiger partial charge in [0.05, 0.1) is 0 Å². The summed E-state index contributed by atoms with van der Waals surface area (Å²) in [6, 6.07) is 9.91. The third-order valence-corrected chi connectivity index (χ3v) is 4.44. The van der Waals surface area contributed by atoms with Gasteiger partial charge in [0.15, 0.2) is 5.11 Å². The van der Waals surface area contributed by atoms with Crippen LogP contribution in [0.4, 0.5) is 5.00 Å². The lowest BCUT2D eigenvalue weighted by Gasteiger charge is -2.08. The molecule has 0 unspecified atom stereocenters. The van der Waals surface area contributed by atoms with Gasteiger partial charge in [-0.3, -0.25) is 4.99 Å². The predicted octanol–water partition coefficient (Wildman–Crippen LogP) is 1.57. The van der Waals surface area contributed by atoms with Crippen molar-refractivity contribution in [3.63, 3.8) is 0 Å². The van der Waals surface area contributed by atoms with Crippen LogP contribution in [0, 0.1) is 0 Å². The minimum Gasteiger partial charge on any atom is -0.406 e. The number of nitrogens with one attached hydrogen (secondary N) is 2. The fourth-order valence-electron chi connectivity index (χ4n) is 2.00. The van der Waals surface area contributed by atoms with Crippen LogP contribution in [-0.2, 0) is 6.61 Å². The van der Waals surface area contributed by atoms with E-state index in [0.717, 1.165) is 10.6 Å². The molecule has 0 fully saturated rings. The number of thiocarbonyl (C=S) groups is 1. The van der Waals surface area contributed by atoms with Crippen molar-refractivity contribution in [1.82, 2.24) is 20.0 Å². The molecule has 0 amide bonds.